The zero-order valence-corrected chi connectivity index (χ0v) is 14.3. The van der Waals surface area contributed by atoms with Crippen LogP contribution in [-0.2, 0) is 0 Å². The maximum Gasteiger partial charge on any atom is 0.224 e. The van der Waals surface area contributed by atoms with Gasteiger partial charge in [-0.1, -0.05) is 17.7 Å². The van der Waals surface area contributed by atoms with Crippen LogP contribution >= 0.6 is 23.2 Å². The fourth-order valence-corrected chi connectivity index (χ4v) is 3.26. The van der Waals surface area contributed by atoms with Crippen molar-refractivity contribution in [1.82, 2.24) is 19.5 Å². The Morgan fingerprint density at radius 2 is 1.96 bits per heavy atom. The predicted molar refractivity (Wildman–Crippen MR) is 93.0 cm³/mol. The number of fused-ring (bicyclic) bond motifs is 1. The van der Waals surface area contributed by atoms with Gasteiger partial charge in [-0.25, -0.2) is 9.97 Å². The molecule has 0 saturated heterocycles. The second-order valence-electron chi connectivity index (χ2n) is 5.93. The van der Waals surface area contributed by atoms with Gasteiger partial charge in [-0.3, -0.25) is 4.57 Å². The Balaban J connectivity index is 2.03. The summed E-state index contributed by atoms with van der Waals surface area (Å²) in [5.74, 6) is 2.12. The highest BCUT2D eigenvalue weighted by Crippen LogP contribution is 2.47. The highest BCUT2D eigenvalue weighted by atomic mass is 35.5. The van der Waals surface area contributed by atoms with Gasteiger partial charge < -0.3 is 4.90 Å². The maximum absolute atomic E-state index is 6.62. The van der Waals surface area contributed by atoms with E-state index in [1.807, 2.05) is 41.8 Å². The average Bonchev–Trinajstić information content (AvgIpc) is 3.32. The van der Waals surface area contributed by atoms with Crippen LogP contribution in [0.2, 0.25) is 10.3 Å². The molecule has 5 nitrogen and oxygen atoms in total. The lowest BCUT2D eigenvalue weighted by Crippen LogP contribution is -2.12. The van der Waals surface area contributed by atoms with E-state index in [0.29, 0.717) is 16.6 Å². The van der Waals surface area contributed by atoms with E-state index in [1.165, 1.54) is 0 Å². The van der Waals surface area contributed by atoms with E-state index in [2.05, 4.69) is 9.97 Å². The Morgan fingerprint density at radius 1 is 1.17 bits per heavy atom. The van der Waals surface area contributed by atoms with Gasteiger partial charge in [0.15, 0.2) is 5.65 Å². The van der Waals surface area contributed by atoms with Crippen LogP contribution in [0.4, 0.5) is 5.82 Å². The van der Waals surface area contributed by atoms with E-state index in [0.717, 1.165) is 35.6 Å². The lowest BCUT2D eigenvalue weighted by molar-refractivity contribution is 0.900. The van der Waals surface area contributed by atoms with Gasteiger partial charge in [0.05, 0.1) is 10.4 Å². The van der Waals surface area contributed by atoms with Crippen molar-refractivity contribution in [2.75, 3.05) is 19.0 Å². The Hall–Kier alpha value is -1.85. The molecule has 0 aromatic carbocycles. The van der Waals surface area contributed by atoms with E-state index in [4.69, 9.17) is 28.2 Å². The third-order valence-corrected chi connectivity index (χ3v) is 4.60. The van der Waals surface area contributed by atoms with E-state index in [9.17, 15) is 0 Å². The van der Waals surface area contributed by atoms with Crippen molar-refractivity contribution < 1.29 is 0 Å². The van der Waals surface area contributed by atoms with E-state index in [-0.39, 0.29) is 5.28 Å². The molecule has 4 rings (SSSR count). The molecule has 7 heteroatoms. The second-order valence-corrected chi connectivity index (χ2v) is 6.65. The number of rotatable bonds is 3. The first-order valence-corrected chi connectivity index (χ1v) is 8.19. The molecular weight excluding hydrogens is 333 g/mol. The lowest BCUT2D eigenvalue weighted by atomic mass is 10.2. The van der Waals surface area contributed by atoms with Gasteiger partial charge in [0.1, 0.15) is 11.6 Å². The fraction of sp³-hybridized carbons (Fsp3) is 0.312. The minimum Gasteiger partial charge on any atom is -0.363 e. The number of anilines is 1. The van der Waals surface area contributed by atoms with Gasteiger partial charge in [-0.05, 0) is 36.6 Å². The monoisotopic (exact) mass is 347 g/mol. The molecule has 0 bridgehead atoms. The zero-order valence-electron chi connectivity index (χ0n) is 12.8. The van der Waals surface area contributed by atoms with Crippen molar-refractivity contribution in [2.45, 2.75) is 18.8 Å². The summed E-state index contributed by atoms with van der Waals surface area (Å²) in [6.45, 7) is 0. The third-order valence-electron chi connectivity index (χ3n) is 4.02. The van der Waals surface area contributed by atoms with Crippen LogP contribution in [-0.4, -0.2) is 33.6 Å². The quantitative estimate of drug-likeness (QED) is 0.670. The van der Waals surface area contributed by atoms with Crippen LogP contribution in [0, 0.1) is 0 Å². The average molecular weight is 348 g/mol. The summed E-state index contributed by atoms with van der Waals surface area (Å²) >= 11 is 12.6. The topological polar surface area (TPSA) is 46.8 Å². The number of aromatic nitrogens is 4. The Morgan fingerprint density at radius 3 is 2.65 bits per heavy atom. The summed E-state index contributed by atoms with van der Waals surface area (Å²) in [5.41, 5.74) is 1.77. The SMILES string of the molecule is CN(C)c1cccc(-n2c(C3CC3)c(Cl)c3cnc(Cl)nc32)n1. The molecule has 0 aliphatic heterocycles. The van der Waals surface area contributed by atoms with Gasteiger partial charge >= 0.3 is 0 Å². The van der Waals surface area contributed by atoms with Crippen molar-refractivity contribution in [2.24, 2.45) is 0 Å². The summed E-state index contributed by atoms with van der Waals surface area (Å²) in [6, 6.07) is 5.91. The first-order chi connectivity index (χ1) is 11.1. The molecule has 1 aliphatic rings. The molecule has 0 N–H and O–H groups in total. The third kappa shape index (κ3) is 2.44. The fourth-order valence-electron chi connectivity index (χ4n) is 2.76. The predicted octanol–water partition coefficient (Wildman–Crippen LogP) is 4.07. The molecular formula is C16H15Cl2N5. The van der Waals surface area contributed by atoms with Crippen LogP contribution in [0.5, 0.6) is 0 Å². The normalized spacial score (nSPS) is 14.4. The van der Waals surface area contributed by atoms with E-state index >= 15 is 0 Å². The molecule has 1 aliphatic carbocycles. The summed E-state index contributed by atoms with van der Waals surface area (Å²) in [5, 5.41) is 1.73. The van der Waals surface area contributed by atoms with Crippen molar-refractivity contribution in [1.29, 1.82) is 0 Å². The van der Waals surface area contributed by atoms with Crippen molar-refractivity contribution in [3.8, 4) is 5.82 Å². The Labute approximate surface area is 143 Å². The summed E-state index contributed by atoms with van der Waals surface area (Å²) < 4.78 is 2.02. The van der Waals surface area contributed by atoms with E-state index < -0.39 is 0 Å². The van der Waals surface area contributed by atoms with Crippen LogP contribution in [0.1, 0.15) is 24.5 Å². The van der Waals surface area contributed by atoms with Crippen LogP contribution in [0.15, 0.2) is 24.4 Å². The summed E-state index contributed by atoms with van der Waals surface area (Å²) in [7, 11) is 3.93. The molecule has 3 aromatic rings. The smallest absolute Gasteiger partial charge is 0.224 e. The first kappa shape index (κ1) is 14.7. The molecule has 0 spiro atoms. The maximum atomic E-state index is 6.62. The minimum atomic E-state index is 0.207. The first-order valence-electron chi connectivity index (χ1n) is 7.43. The molecule has 0 radical (unpaired) electrons. The minimum absolute atomic E-state index is 0.207. The van der Waals surface area contributed by atoms with Gasteiger partial charge in [0.2, 0.25) is 5.28 Å². The zero-order chi connectivity index (χ0) is 16.1. The molecule has 0 amide bonds. The van der Waals surface area contributed by atoms with Crippen molar-refractivity contribution >= 4 is 40.1 Å². The van der Waals surface area contributed by atoms with Crippen LogP contribution < -0.4 is 4.90 Å². The van der Waals surface area contributed by atoms with Crippen molar-refractivity contribution in [3.05, 3.63) is 40.4 Å². The standard InChI is InChI=1S/C16H15Cl2N5/c1-22(2)11-4-3-5-12(20-11)23-14(9-6-7-9)13(17)10-8-19-16(18)21-15(10)23/h3-5,8-9H,6-7H2,1-2H3. The Kier molecular flexibility index (Phi) is 3.43. The molecule has 23 heavy (non-hydrogen) atoms. The number of hydrogen-bond acceptors (Lipinski definition) is 4. The highest BCUT2D eigenvalue weighted by Gasteiger charge is 2.33. The molecule has 0 unspecified atom stereocenters. The summed E-state index contributed by atoms with van der Waals surface area (Å²) in [4.78, 5) is 15.2. The molecule has 1 fully saturated rings. The van der Waals surface area contributed by atoms with E-state index in [1.54, 1.807) is 6.20 Å². The van der Waals surface area contributed by atoms with Crippen molar-refractivity contribution in [3.63, 3.8) is 0 Å². The van der Waals surface area contributed by atoms with Gasteiger partial charge in [0.25, 0.3) is 0 Å². The molecule has 0 atom stereocenters. The number of nitrogens with zero attached hydrogens (tertiary/aromatic N) is 5. The van der Waals surface area contributed by atoms with Crippen LogP contribution in [0.25, 0.3) is 16.9 Å². The van der Waals surface area contributed by atoms with Gasteiger partial charge in [-0.15, -0.1) is 0 Å². The highest BCUT2D eigenvalue weighted by molar-refractivity contribution is 6.36. The number of halogens is 2. The largest absolute Gasteiger partial charge is 0.363 e. The molecule has 118 valence electrons. The van der Waals surface area contributed by atoms with Gasteiger partial charge in [-0.2, -0.15) is 4.98 Å². The number of hydrogen-bond donors (Lipinski definition) is 0. The van der Waals surface area contributed by atoms with Gasteiger partial charge in [0, 0.05) is 31.9 Å². The second kappa shape index (κ2) is 5.35. The lowest BCUT2D eigenvalue weighted by Gasteiger charge is -2.14. The molecule has 1 saturated carbocycles. The van der Waals surface area contributed by atoms with Crippen LogP contribution in [0.3, 0.4) is 0 Å². The summed E-state index contributed by atoms with van der Waals surface area (Å²) in [6.07, 6.45) is 3.94. The Bertz CT molecular complexity index is 899. The number of pyridine rings is 1. The molecule has 3 heterocycles. The molecule has 3 aromatic heterocycles.